The molecule has 1 aliphatic carbocycles. The van der Waals surface area contributed by atoms with E-state index in [1.165, 1.54) is 11.5 Å². The molecule has 0 aliphatic heterocycles. The van der Waals surface area contributed by atoms with Crippen molar-refractivity contribution in [3.8, 4) is 0 Å². The molecule has 1 rings (SSSR count). The third kappa shape index (κ3) is 21.3. The molecule has 0 saturated heterocycles. The summed E-state index contributed by atoms with van der Waals surface area (Å²) >= 11 is -3.77. The molecule has 164 valence electrons. The van der Waals surface area contributed by atoms with Crippen molar-refractivity contribution in [3.05, 3.63) is 39.8 Å². The summed E-state index contributed by atoms with van der Waals surface area (Å²) in [6.07, 6.45) is 9.54. The molecule has 0 aromatic rings. The first-order chi connectivity index (χ1) is 12.2. The molecule has 8 heteroatoms. The smallest absolute Gasteiger partial charge is 4.00 e. The largest absolute Gasteiger partial charge is 4.00 e. The van der Waals surface area contributed by atoms with Crippen LogP contribution in [0.15, 0.2) is 16.6 Å². The van der Waals surface area contributed by atoms with Gasteiger partial charge in [-0.1, -0.05) is 60.8 Å². The second kappa shape index (κ2) is 19.5. The molecule has 0 radical (unpaired) electrons. The van der Waals surface area contributed by atoms with Gasteiger partial charge in [0.05, 0.1) is 0 Å². The van der Waals surface area contributed by atoms with Crippen LogP contribution in [0, 0.1) is 6.08 Å². The number of nitrogens with one attached hydrogen (secondary N) is 3. The summed E-state index contributed by atoms with van der Waals surface area (Å²) in [5.74, 6) is 2.72. The minimum Gasteiger partial charge on any atom is 4.00 e. The van der Waals surface area contributed by atoms with Crippen LogP contribution in [0.3, 0.4) is 0 Å². The van der Waals surface area contributed by atoms with Gasteiger partial charge in [0, 0.05) is 0 Å². The molecule has 0 spiro atoms. The zero-order valence-corrected chi connectivity index (χ0v) is 23.4. The zero-order valence-electron chi connectivity index (χ0n) is 18.8. The van der Waals surface area contributed by atoms with Crippen molar-refractivity contribution in [1.82, 2.24) is 0 Å². The van der Waals surface area contributed by atoms with Crippen LogP contribution in [-0.4, -0.2) is 36.4 Å². The number of rotatable bonds is 4. The Balaban J connectivity index is -0.000000153. The Hall–Kier alpha value is 0.576. The van der Waals surface area contributed by atoms with Crippen molar-refractivity contribution in [2.75, 3.05) is 0 Å². The topological polar surface area (TPSA) is 71.4 Å². The van der Waals surface area contributed by atoms with Crippen molar-refractivity contribution in [1.29, 1.82) is 0 Å². The molecule has 28 heavy (non-hydrogen) atoms. The van der Waals surface area contributed by atoms with Gasteiger partial charge in [0.15, 0.2) is 0 Å². The summed E-state index contributed by atoms with van der Waals surface area (Å²) in [5, 5.41) is -4.00. The minimum absolute atomic E-state index is 0. The molecule has 0 saturated carbocycles. The van der Waals surface area contributed by atoms with E-state index < -0.39 is 18.3 Å². The summed E-state index contributed by atoms with van der Waals surface area (Å²) < 4.78 is 37.9. The monoisotopic (exact) mass is 543 g/mol. The number of alkyl halides is 3. The van der Waals surface area contributed by atoms with Crippen LogP contribution < -0.4 is 0 Å². The molecule has 0 fully saturated rings. The first kappa shape index (κ1) is 36.0. The molecule has 3 nitrogen and oxygen atoms in total. The quantitative estimate of drug-likeness (QED) is 0.252. The second-order valence-electron chi connectivity index (χ2n) is 7.25. The van der Waals surface area contributed by atoms with Gasteiger partial charge < -0.3 is 17.2 Å². The summed E-state index contributed by atoms with van der Waals surface area (Å²) in [7, 11) is 0. The molecule has 3 N–H and O–H groups in total. The number of allylic oxidation sites excluding steroid dienone is 4. The Kier molecular flexibility index (Phi) is 25.1. The van der Waals surface area contributed by atoms with Crippen LogP contribution in [0.4, 0.5) is 13.2 Å². The molecule has 0 amide bonds. The van der Waals surface area contributed by atoms with E-state index in [-0.39, 0.29) is 44.3 Å². The minimum atomic E-state index is -4.00. The summed E-state index contributed by atoms with van der Waals surface area (Å²) in [6, 6.07) is 0.403. The van der Waals surface area contributed by atoms with Crippen molar-refractivity contribution in [2.24, 2.45) is 0 Å². The average Bonchev–Trinajstić information content (AvgIpc) is 3.10. The predicted octanol–water partition coefficient (Wildman–Crippen LogP) is 8.53. The SMILES string of the molecule is CCC(C)[NH-].CCC(C)[NH-].CCC(C)[NH-].[CH3][Ge]([CH3])([C]1=[C-]CC=C1)[C](F)(F)F.[Zr+4]. The number of hydrogen-bond donors (Lipinski definition) is 0. The van der Waals surface area contributed by atoms with Gasteiger partial charge in [-0.25, -0.2) is 0 Å². The van der Waals surface area contributed by atoms with E-state index in [0.717, 1.165) is 19.3 Å². The van der Waals surface area contributed by atoms with E-state index in [4.69, 9.17) is 17.2 Å². The first-order valence-corrected chi connectivity index (χ1v) is 15.9. The Morgan fingerprint density at radius 2 is 1.21 bits per heavy atom. The molecule has 1 aliphatic rings. The van der Waals surface area contributed by atoms with Crippen LogP contribution in [0.5, 0.6) is 0 Å². The van der Waals surface area contributed by atoms with Crippen molar-refractivity contribution in [2.45, 2.75) is 102 Å². The fourth-order valence-electron chi connectivity index (χ4n) is 0.987. The van der Waals surface area contributed by atoms with E-state index in [2.05, 4.69) is 6.08 Å². The molecular weight excluding hydrogens is 503 g/mol. The van der Waals surface area contributed by atoms with E-state index in [1.54, 1.807) is 12.2 Å². The van der Waals surface area contributed by atoms with Crippen LogP contribution >= 0.6 is 0 Å². The second-order valence-corrected chi connectivity index (χ2v) is 16.4. The molecule has 0 heterocycles. The normalized spacial score (nSPS) is 15.9. The third-order valence-corrected chi connectivity index (χ3v) is 10.4. The van der Waals surface area contributed by atoms with Crippen molar-refractivity contribution >= 4 is 13.3 Å². The Labute approximate surface area is 193 Å². The van der Waals surface area contributed by atoms with Gasteiger partial charge in [-0.05, 0) is 0 Å². The molecule has 0 aromatic carbocycles. The Morgan fingerprint density at radius 3 is 1.36 bits per heavy atom. The maximum Gasteiger partial charge on any atom is 4.00 e. The third-order valence-electron chi connectivity index (χ3n) is 3.91. The van der Waals surface area contributed by atoms with E-state index >= 15 is 0 Å². The fourth-order valence-corrected chi connectivity index (χ4v) is 3.89. The predicted molar refractivity (Wildman–Crippen MR) is 116 cm³/mol. The van der Waals surface area contributed by atoms with Gasteiger partial charge in [-0.15, -0.1) is 18.1 Å². The Bertz CT molecular complexity index is 389. The van der Waals surface area contributed by atoms with Crippen LogP contribution in [-0.2, 0) is 26.2 Å². The van der Waals surface area contributed by atoms with Gasteiger partial charge in [0.25, 0.3) is 0 Å². The molecular formula is C20H40F3GeN3Zr. The first-order valence-electron chi connectivity index (χ1n) is 9.64. The van der Waals surface area contributed by atoms with Crippen molar-refractivity contribution < 1.29 is 39.4 Å². The number of halogens is 3. The van der Waals surface area contributed by atoms with Crippen LogP contribution in [0.2, 0.25) is 11.5 Å². The number of hydrogen-bond acceptors (Lipinski definition) is 0. The fraction of sp³-hybridized carbons (Fsp3) is 0.800. The van der Waals surface area contributed by atoms with Gasteiger partial charge >= 0.3 is 98.2 Å². The zero-order chi connectivity index (χ0) is 22.3. The van der Waals surface area contributed by atoms with E-state index in [0.29, 0.717) is 10.8 Å². The van der Waals surface area contributed by atoms with Gasteiger partial charge in [0.1, 0.15) is 0 Å². The summed E-state index contributed by atoms with van der Waals surface area (Å²) in [4.78, 5) is 0. The molecule has 3 unspecified atom stereocenters. The van der Waals surface area contributed by atoms with Gasteiger partial charge in [-0.2, -0.15) is 0 Å². The standard InChI is InChI=1S/C8H10F3Ge.3C4H10N.Zr/c1-12(2,8(9,10)11)7-5-3-4-6-7;3*1-3-4(2)5;/h3,5H,4H2,1-2H3;3*4-5H,3H2,1-2H3;/q4*-1;+4. The van der Waals surface area contributed by atoms with Crippen molar-refractivity contribution in [3.63, 3.8) is 0 Å². The van der Waals surface area contributed by atoms with E-state index in [9.17, 15) is 13.2 Å². The summed E-state index contributed by atoms with van der Waals surface area (Å²) in [6.45, 7) is 11.7. The molecule has 3 atom stereocenters. The van der Waals surface area contributed by atoms with E-state index in [1.807, 2.05) is 41.5 Å². The summed E-state index contributed by atoms with van der Waals surface area (Å²) in [5.41, 5.74) is 20.5. The van der Waals surface area contributed by atoms with Crippen LogP contribution in [0.25, 0.3) is 17.2 Å². The maximum atomic E-state index is 12.5. The van der Waals surface area contributed by atoms with Gasteiger partial charge in [0.2, 0.25) is 0 Å². The van der Waals surface area contributed by atoms with Gasteiger partial charge in [-0.3, -0.25) is 0 Å². The molecule has 0 bridgehead atoms. The maximum absolute atomic E-state index is 12.5. The molecule has 0 aromatic heterocycles. The van der Waals surface area contributed by atoms with Crippen LogP contribution in [0.1, 0.15) is 67.2 Å². The Morgan fingerprint density at radius 1 is 0.929 bits per heavy atom. The average molecular weight is 543 g/mol.